The number of nitrogens with one attached hydrogen (secondary N) is 2. The lowest BCUT2D eigenvalue weighted by Gasteiger charge is -2.40. The second-order valence-electron chi connectivity index (χ2n) is 12.2. The smallest absolute Gasteiger partial charge is 0.407 e. The fraction of sp³-hybridized carbons (Fsp3) is 0.306. The third-order valence-electron chi connectivity index (χ3n) is 8.80. The van der Waals surface area contributed by atoms with Gasteiger partial charge in [0.15, 0.2) is 5.78 Å². The van der Waals surface area contributed by atoms with E-state index in [2.05, 4.69) is 15.6 Å². The Morgan fingerprint density at radius 1 is 0.980 bits per heavy atom. The molecule has 5 rings (SSSR count). The fourth-order valence-electron chi connectivity index (χ4n) is 6.51. The van der Waals surface area contributed by atoms with Crippen molar-refractivity contribution in [1.82, 2.24) is 19.9 Å². The first-order valence-corrected chi connectivity index (χ1v) is 17.8. The van der Waals surface area contributed by atoms with Gasteiger partial charge in [0.1, 0.15) is 34.2 Å². The molecule has 0 unspecified atom stereocenters. The van der Waals surface area contributed by atoms with Gasteiger partial charge in [-0.25, -0.2) is 30.8 Å². The van der Waals surface area contributed by atoms with Gasteiger partial charge in [0, 0.05) is 49.8 Å². The second kappa shape index (κ2) is 16.3. The van der Waals surface area contributed by atoms with E-state index in [9.17, 15) is 31.2 Å². The first-order valence-electron chi connectivity index (χ1n) is 16.0. The lowest BCUT2D eigenvalue weighted by atomic mass is 9.81. The molecule has 1 amide bonds. The number of methoxy groups -OCH3 is 1. The van der Waals surface area contributed by atoms with Gasteiger partial charge in [0.05, 0.1) is 18.3 Å². The maximum Gasteiger partial charge on any atom is 0.407 e. The van der Waals surface area contributed by atoms with Crippen LogP contribution < -0.4 is 10.6 Å². The SMILES string of the molecule is COC(=O)N[C@H](C(=O)Cc1cncc(F)c1CC[C@H]1CNC[C@H](C)N1S(=O)(=O)c1ccccc1Cl)[C@@H](c1ccc(F)cc1)c1cc(F)cc(F)c1. The van der Waals surface area contributed by atoms with Gasteiger partial charge >= 0.3 is 6.09 Å². The Bertz CT molecular complexity index is 1980. The molecule has 0 bridgehead atoms. The number of halogens is 5. The van der Waals surface area contributed by atoms with Crippen LogP contribution in [0.2, 0.25) is 5.02 Å². The average Bonchev–Trinajstić information content (AvgIpc) is 3.08. The highest BCUT2D eigenvalue weighted by Gasteiger charge is 2.39. The topological polar surface area (TPSA) is 118 Å². The highest BCUT2D eigenvalue weighted by atomic mass is 35.5. The first kappa shape index (κ1) is 37.9. The van der Waals surface area contributed by atoms with Crippen LogP contribution >= 0.6 is 11.6 Å². The zero-order chi connectivity index (χ0) is 36.9. The number of ketones is 1. The van der Waals surface area contributed by atoms with Gasteiger partial charge in [0.25, 0.3) is 0 Å². The molecular weight excluding hydrogens is 712 g/mol. The number of benzene rings is 3. The predicted octanol–water partition coefficient (Wildman–Crippen LogP) is 5.94. The van der Waals surface area contributed by atoms with Crippen molar-refractivity contribution in [3.63, 3.8) is 0 Å². The minimum Gasteiger partial charge on any atom is -0.453 e. The Kier molecular flexibility index (Phi) is 12.1. The zero-order valence-corrected chi connectivity index (χ0v) is 29.2. The van der Waals surface area contributed by atoms with E-state index in [0.29, 0.717) is 12.6 Å². The van der Waals surface area contributed by atoms with Crippen LogP contribution in [0.25, 0.3) is 0 Å². The number of ether oxygens (including phenoxy) is 1. The molecular formula is C36H35ClF4N4O5S. The van der Waals surface area contributed by atoms with Crippen LogP contribution in [0.3, 0.4) is 0 Å². The number of Topliss-reactive ketones (excluding diaryl/α,β-unsaturated/α-hetero) is 1. The van der Waals surface area contributed by atoms with Gasteiger partial charge in [-0.2, -0.15) is 4.31 Å². The van der Waals surface area contributed by atoms with Gasteiger partial charge in [-0.1, -0.05) is 35.9 Å². The lowest BCUT2D eigenvalue weighted by molar-refractivity contribution is -0.120. The summed E-state index contributed by atoms with van der Waals surface area (Å²) >= 11 is 6.28. The number of hydrogen-bond acceptors (Lipinski definition) is 7. The summed E-state index contributed by atoms with van der Waals surface area (Å²) < 4.78 is 92.2. The van der Waals surface area contributed by atoms with Crippen molar-refractivity contribution in [2.45, 2.75) is 55.1 Å². The fourth-order valence-corrected chi connectivity index (χ4v) is 8.85. The van der Waals surface area contributed by atoms with Crippen LogP contribution in [-0.2, 0) is 32.4 Å². The molecule has 270 valence electrons. The molecule has 4 aromatic rings. The number of piperazine rings is 1. The van der Waals surface area contributed by atoms with Crippen LogP contribution in [0.4, 0.5) is 22.4 Å². The Hall–Kier alpha value is -4.37. The van der Waals surface area contributed by atoms with E-state index in [1.807, 2.05) is 0 Å². The quantitative estimate of drug-likeness (QED) is 0.172. The molecule has 0 spiro atoms. The standard InChI is InChI=1S/C36H35ClF4N4O5S/c1-21-17-42-19-28(45(21)51(48,49)33-6-4-3-5-30(33)37)11-12-29-24(18-43-20-31(29)41)15-32(46)35(44-36(47)50-2)34(22-7-9-25(38)10-8-22)23-13-26(39)16-27(40)14-23/h3-10,13-14,16,18,20-21,28,34-35,42H,11-12,15,17,19H2,1-2H3,(H,44,47)/t21-,28-,34-,35+/m0/s1. The molecule has 1 fully saturated rings. The third kappa shape index (κ3) is 8.75. The Morgan fingerprint density at radius 2 is 1.67 bits per heavy atom. The summed E-state index contributed by atoms with van der Waals surface area (Å²) in [6, 6.07) is 11.0. The van der Waals surface area contributed by atoms with Crippen molar-refractivity contribution in [2.75, 3.05) is 20.2 Å². The van der Waals surface area contributed by atoms with E-state index in [1.54, 1.807) is 19.1 Å². The number of pyridine rings is 1. The van der Waals surface area contributed by atoms with Crippen LogP contribution in [0.1, 0.15) is 41.5 Å². The normalized spacial score (nSPS) is 17.8. The van der Waals surface area contributed by atoms with Gasteiger partial charge in [-0.05, 0) is 78.4 Å². The van der Waals surface area contributed by atoms with Gasteiger partial charge in [-0.3, -0.25) is 9.78 Å². The number of sulfonamides is 1. The van der Waals surface area contributed by atoms with Crippen molar-refractivity contribution in [2.24, 2.45) is 0 Å². The van der Waals surface area contributed by atoms with Gasteiger partial charge < -0.3 is 15.4 Å². The average molecular weight is 747 g/mol. The summed E-state index contributed by atoms with van der Waals surface area (Å²) in [5.74, 6) is -5.18. The van der Waals surface area contributed by atoms with E-state index in [-0.39, 0.29) is 51.6 Å². The van der Waals surface area contributed by atoms with Crippen LogP contribution in [-0.4, -0.2) is 67.9 Å². The summed E-state index contributed by atoms with van der Waals surface area (Å²) in [5.41, 5.74) is 0.452. The second-order valence-corrected chi connectivity index (χ2v) is 14.4. The number of hydrogen-bond donors (Lipinski definition) is 2. The Morgan fingerprint density at radius 3 is 2.33 bits per heavy atom. The summed E-state index contributed by atoms with van der Waals surface area (Å²) in [7, 11) is -2.99. The van der Waals surface area contributed by atoms with E-state index < -0.39 is 75.6 Å². The molecule has 1 aliphatic rings. The van der Waals surface area contributed by atoms with Gasteiger partial charge in [0.2, 0.25) is 10.0 Å². The van der Waals surface area contributed by atoms with Crippen molar-refractivity contribution < 1.29 is 40.3 Å². The highest BCUT2D eigenvalue weighted by molar-refractivity contribution is 7.89. The maximum atomic E-state index is 15.5. The van der Waals surface area contributed by atoms with Crippen LogP contribution in [0.5, 0.6) is 0 Å². The van der Waals surface area contributed by atoms with Gasteiger partial charge in [-0.15, -0.1) is 0 Å². The largest absolute Gasteiger partial charge is 0.453 e. The molecule has 51 heavy (non-hydrogen) atoms. The third-order valence-corrected chi connectivity index (χ3v) is 11.4. The highest BCUT2D eigenvalue weighted by Crippen LogP contribution is 2.33. The van der Waals surface area contributed by atoms with E-state index in [0.717, 1.165) is 37.6 Å². The van der Waals surface area contributed by atoms with E-state index >= 15 is 4.39 Å². The molecule has 0 aliphatic carbocycles. The van der Waals surface area contributed by atoms with E-state index in [1.165, 1.54) is 34.8 Å². The predicted molar refractivity (Wildman–Crippen MR) is 182 cm³/mol. The number of amides is 1. The summed E-state index contributed by atoms with van der Waals surface area (Å²) in [4.78, 5) is 30.6. The van der Waals surface area contributed by atoms with Crippen LogP contribution in [0, 0.1) is 23.3 Å². The molecule has 1 saturated heterocycles. The van der Waals surface area contributed by atoms with Crippen molar-refractivity contribution in [3.8, 4) is 0 Å². The number of alkyl carbamates (subject to hydrolysis) is 1. The molecule has 3 aromatic carbocycles. The molecule has 9 nitrogen and oxygen atoms in total. The summed E-state index contributed by atoms with van der Waals surface area (Å²) in [6.45, 7) is 2.40. The Labute approximate surface area is 298 Å². The van der Waals surface area contributed by atoms with Crippen LogP contribution in [0.15, 0.2) is 84.0 Å². The maximum absolute atomic E-state index is 15.5. The number of aromatic nitrogens is 1. The number of carbonyl (C=O) groups is 2. The number of carbonyl (C=O) groups excluding carboxylic acids is 2. The lowest BCUT2D eigenvalue weighted by Crippen LogP contribution is -2.58. The summed E-state index contributed by atoms with van der Waals surface area (Å²) in [5, 5.41) is 5.73. The zero-order valence-electron chi connectivity index (χ0n) is 27.6. The summed E-state index contributed by atoms with van der Waals surface area (Å²) in [6.07, 6.45) is 0.883. The minimum atomic E-state index is -4.06. The molecule has 1 aromatic heterocycles. The molecule has 1 aliphatic heterocycles. The van der Waals surface area contributed by atoms with Crippen molar-refractivity contribution in [1.29, 1.82) is 0 Å². The molecule has 2 heterocycles. The molecule has 0 saturated carbocycles. The van der Waals surface area contributed by atoms with E-state index in [4.69, 9.17) is 16.3 Å². The van der Waals surface area contributed by atoms with Crippen molar-refractivity contribution >= 4 is 33.5 Å². The minimum absolute atomic E-state index is 0.00380. The number of nitrogens with zero attached hydrogens (tertiary/aromatic N) is 2. The molecule has 4 atom stereocenters. The molecule has 0 radical (unpaired) electrons. The molecule has 2 N–H and O–H groups in total. The van der Waals surface area contributed by atoms with Crippen molar-refractivity contribution in [3.05, 3.63) is 130 Å². The Balaban J connectivity index is 1.47. The monoisotopic (exact) mass is 746 g/mol. The molecule has 15 heteroatoms. The first-order chi connectivity index (χ1) is 24.3. The number of rotatable bonds is 12.